The molecule has 28 heavy (non-hydrogen) atoms. The van der Waals surface area contributed by atoms with E-state index in [1.54, 1.807) is 0 Å². The van der Waals surface area contributed by atoms with Crippen LogP contribution >= 0.6 is 0 Å². The maximum Gasteiger partial charge on any atom is 0.255 e. The van der Waals surface area contributed by atoms with Gasteiger partial charge in [0, 0.05) is 29.9 Å². The van der Waals surface area contributed by atoms with Crippen LogP contribution in [0.5, 0.6) is 0 Å². The van der Waals surface area contributed by atoms with Crippen molar-refractivity contribution >= 4 is 23.2 Å². The number of para-hydroxylation sites is 1. The van der Waals surface area contributed by atoms with Gasteiger partial charge in [-0.2, -0.15) is 5.26 Å². The van der Waals surface area contributed by atoms with Crippen molar-refractivity contribution < 1.29 is 4.79 Å². The van der Waals surface area contributed by atoms with Crippen LogP contribution in [0.4, 0.5) is 17.3 Å². The van der Waals surface area contributed by atoms with Gasteiger partial charge in [0.05, 0.1) is 5.56 Å². The Hall–Kier alpha value is -3.11. The average Bonchev–Trinajstić information content (AvgIpc) is 3.07. The highest BCUT2D eigenvalue weighted by Gasteiger charge is 2.31. The first kappa shape index (κ1) is 18.3. The molecule has 2 heterocycles. The van der Waals surface area contributed by atoms with Crippen molar-refractivity contribution in [1.29, 1.82) is 5.26 Å². The average molecular weight is 376 g/mol. The lowest BCUT2D eigenvalue weighted by molar-refractivity contribution is 0.0966. The summed E-state index contributed by atoms with van der Waals surface area (Å²) in [6.45, 7) is 2.32. The first-order valence-electron chi connectivity index (χ1n) is 9.68. The van der Waals surface area contributed by atoms with Crippen molar-refractivity contribution in [2.75, 3.05) is 10.6 Å². The van der Waals surface area contributed by atoms with Gasteiger partial charge in [0.15, 0.2) is 0 Å². The first-order chi connectivity index (χ1) is 13.6. The van der Waals surface area contributed by atoms with Gasteiger partial charge >= 0.3 is 0 Å². The molecule has 2 aromatic rings. The molecule has 1 aromatic carbocycles. The standard InChI is InChI=1S/C21H24N6O/c1-12-6-2-4-8-16(12)25-20-18-14(11-24-21(18)28)13(10-22)19(27-20)26-17-9-5-3-7-15(17)23/h2,4,6,8,15,17H,3,5,7,9,11,23H2,1H3,(H,24,28)(H2,25,26,27). The maximum absolute atomic E-state index is 12.4. The molecule has 1 amide bonds. The Kier molecular flexibility index (Phi) is 4.88. The summed E-state index contributed by atoms with van der Waals surface area (Å²) in [5, 5.41) is 19.3. The van der Waals surface area contributed by atoms with E-state index in [-0.39, 0.29) is 18.0 Å². The van der Waals surface area contributed by atoms with Crippen molar-refractivity contribution in [2.45, 2.75) is 51.2 Å². The molecule has 1 fully saturated rings. The van der Waals surface area contributed by atoms with Gasteiger partial charge in [0.2, 0.25) is 0 Å². The van der Waals surface area contributed by atoms with Gasteiger partial charge in [-0.25, -0.2) is 4.98 Å². The predicted molar refractivity (Wildman–Crippen MR) is 108 cm³/mol. The van der Waals surface area contributed by atoms with Crippen LogP contribution in [0.2, 0.25) is 0 Å². The number of benzene rings is 1. The summed E-state index contributed by atoms with van der Waals surface area (Å²) in [7, 11) is 0. The Balaban J connectivity index is 1.77. The third kappa shape index (κ3) is 3.27. The van der Waals surface area contributed by atoms with Gasteiger partial charge in [0.25, 0.3) is 5.91 Å². The van der Waals surface area contributed by atoms with Crippen LogP contribution < -0.4 is 21.7 Å². The smallest absolute Gasteiger partial charge is 0.255 e. The topological polar surface area (TPSA) is 116 Å². The fourth-order valence-electron chi connectivity index (χ4n) is 3.98. The molecular weight excluding hydrogens is 352 g/mol. The predicted octanol–water partition coefficient (Wildman–Crippen LogP) is 2.93. The number of rotatable bonds is 4. The Morgan fingerprint density at radius 1 is 1.25 bits per heavy atom. The second-order valence-electron chi connectivity index (χ2n) is 7.47. The number of nitriles is 1. The number of hydrogen-bond acceptors (Lipinski definition) is 6. The summed E-state index contributed by atoms with van der Waals surface area (Å²) in [5.41, 5.74) is 9.75. The van der Waals surface area contributed by atoms with E-state index in [2.05, 4.69) is 27.0 Å². The Morgan fingerprint density at radius 3 is 2.79 bits per heavy atom. The molecule has 1 aliphatic carbocycles. The fourth-order valence-corrected chi connectivity index (χ4v) is 3.98. The minimum atomic E-state index is -0.212. The van der Waals surface area contributed by atoms with E-state index in [0.29, 0.717) is 34.9 Å². The van der Waals surface area contributed by atoms with E-state index in [1.165, 1.54) is 0 Å². The van der Waals surface area contributed by atoms with Gasteiger partial charge in [-0.1, -0.05) is 31.0 Å². The van der Waals surface area contributed by atoms with Crippen molar-refractivity contribution in [3.05, 3.63) is 46.5 Å². The zero-order chi connectivity index (χ0) is 19.7. The van der Waals surface area contributed by atoms with E-state index in [1.807, 2.05) is 31.2 Å². The number of fused-ring (bicyclic) bond motifs is 1. The number of nitrogens with one attached hydrogen (secondary N) is 3. The van der Waals surface area contributed by atoms with Gasteiger partial charge < -0.3 is 21.7 Å². The molecule has 2 atom stereocenters. The number of nitrogens with two attached hydrogens (primary N) is 1. The molecule has 1 aromatic heterocycles. The zero-order valence-electron chi connectivity index (χ0n) is 15.9. The lowest BCUT2D eigenvalue weighted by Gasteiger charge is -2.30. The number of hydrogen-bond donors (Lipinski definition) is 4. The van der Waals surface area contributed by atoms with Gasteiger partial charge in [0.1, 0.15) is 23.3 Å². The Morgan fingerprint density at radius 2 is 2.04 bits per heavy atom. The Bertz CT molecular complexity index is 964. The second-order valence-corrected chi connectivity index (χ2v) is 7.47. The molecule has 2 aliphatic rings. The molecule has 144 valence electrons. The summed E-state index contributed by atoms with van der Waals surface area (Å²) in [5.74, 6) is 0.748. The van der Waals surface area contributed by atoms with Crippen LogP contribution in [-0.4, -0.2) is 23.0 Å². The number of aryl methyl sites for hydroxylation is 1. The van der Waals surface area contributed by atoms with Crippen LogP contribution in [0, 0.1) is 18.3 Å². The lowest BCUT2D eigenvalue weighted by atomic mass is 9.91. The Labute approximate surface area is 164 Å². The van der Waals surface area contributed by atoms with Crippen molar-refractivity contribution in [2.24, 2.45) is 5.73 Å². The molecule has 7 heteroatoms. The molecule has 0 radical (unpaired) electrons. The van der Waals surface area contributed by atoms with E-state index in [9.17, 15) is 10.1 Å². The number of carbonyl (C=O) groups excluding carboxylic acids is 1. The quantitative estimate of drug-likeness (QED) is 0.652. The van der Waals surface area contributed by atoms with Crippen molar-refractivity contribution in [3.8, 4) is 6.07 Å². The highest BCUT2D eigenvalue weighted by Crippen LogP contribution is 2.33. The molecule has 5 N–H and O–H groups in total. The molecule has 2 unspecified atom stereocenters. The summed E-state index contributed by atoms with van der Waals surface area (Å²) < 4.78 is 0. The summed E-state index contributed by atoms with van der Waals surface area (Å²) in [6, 6.07) is 10.2. The molecular formula is C21H24N6O. The highest BCUT2D eigenvalue weighted by molar-refractivity contribution is 6.04. The lowest BCUT2D eigenvalue weighted by Crippen LogP contribution is -2.43. The van der Waals surface area contributed by atoms with Crippen LogP contribution in [0.1, 0.15) is 52.7 Å². The molecule has 7 nitrogen and oxygen atoms in total. The highest BCUT2D eigenvalue weighted by atomic mass is 16.1. The number of carbonyl (C=O) groups is 1. The van der Waals surface area contributed by atoms with E-state index in [0.717, 1.165) is 36.9 Å². The molecule has 0 spiro atoms. The molecule has 1 saturated carbocycles. The molecule has 1 aliphatic heterocycles. The van der Waals surface area contributed by atoms with Crippen LogP contribution in [-0.2, 0) is 6.54 Å². The minimum Gasteiger partial charge on any atom is -0.365 e. The third-order valence-electron chi connectivity index (χ3n) is 5.61. The monoisotopic (exact) mass is 376 g/mol. The van der Waals surface area contributed by atoms with Crippen molar-refractivity contribution in [3.63, 3.8) is 0 Å². The number of amides is 1. The number of aromatic nitrogens is 1. The van der Waals surface area contributed by atoms with Gasteiger partial charge in [-0.15, -0.1) is 0 Å². The maximum atomic E-state index is 12.4. The second kappa shape index (κ2) is 7.49. The fraction of sp³-hybridized carbons (Fsp3) is 0.381. The molecule has 4 rings (SSSR count). The minimum absolute atomic E-state index is 0.0304. The van der Waals surface area contributed by atoms with Crippen LogP contribution in [0.15, 0.2) is 24.3 Å². The van der Waals surface area contributed by atoms with E-state index < -0.39 is 0 Å². The van der Waals surface area contributed by atoms with Crippen LogP contribution in [0.3, 0.4) is 0 Å². The number of pyridine rings is 1. The largest absolute Gasteiger partial charge is 0.365 e. The number of nitrogens with zero attached hydrogens (tertiary/aromatic N) is 2. The van der Waals surface area contributed by atoms with Crippen molar-refractivity contribution in [1.82, 2.24) is 10.3 Å². The summed E-state index contributed by atoms with van der Waals surface area (Å²) in [4.78, 5) is 17.1. The van der Waals surface area contributed by atoms with Crippen LogP contribution in [0.25, 0.3) is 0 Å². The zero-order valence-corrected chi connectivity index (χ0v) is 15.9. The number of anilines is 3. The SMILES string of the molecule is Cc1ccccc1Nc1nc(NC2CCCCC2N)c(C#N)c2c1C(=O)NC2. The molecule has 0 bridgehead atoms. The van der Waals surface area contributed by atoms with Gasteiger partial charge in [-0.3, -0.25) is 4.79 Å². The summed E-state index contributed by atoms with van der Waals surface area (Å²) in [6.07, 6.45) is 4.13. The first-order valence-corrected chi connectivity index (χ1v) is 9.68. The van der Waals surface area contributed by atoms with E-state index >= 15 is 0 Å². The molecule has 0 saturated heterocycles. The normalized spacial score (nSPS) is 20.8. The van der Waals surface area contributed by atoms with Gasteiger partial charge in [-0.05, 0) is 31.4 Å². The summed E-state index contributed by atoms with van der Waals surface area (Å²) >= 11 is 0. The van der Waals surface area contributed by atoms with E-state index in [4.69, 9.17) is 5.73 Å². The third-order valence-corrected chi connectivity index (χ3v) is 5.61.